The number of halogens is 5. The first-order valence-corrected chi connectivity index (χ1v) is 8.00. The fraction of sp³-hybridized carbons (Fsp3) is 0.333. The molecule has 0 unspecified atom stereocenters. The second-order valence-corrected chi connectivity index (χ2v) is 5.87. The van der Waals surface area contributed by atoms with Gasteiger partial charge < -0.3 is 10.5 Å². The van der Waals surface area contributed by atoms with E-state index >= 15 is 0 Å². The molecule has 0 bridgehead atoms. The van der Waals surface area contributed by atoms with Crippen molar-refractivity contribution in [3.63, 3.8) is 0 Å². The average Bonchev–Trinajstić information content (AvgIpc) is 2.87. The van der Waals surface area contributed by atoms with Gasteiger partial charge in [0.1, 0.15) is 0 Å². The molecule has 0 spiro atoms. The van der Waals surface area contributed by atoms with Gasteiger partial charge in [-0.05, 0) is 25.0 Å². The predicted octanol–water partition coefficient (Wildman–Crippen LogP) is 5.05. The van der Waals surface area contributed by atoms with Crippen LogP contribution in [0.3, 0.4) is 0 Å². The van der Waals surface area contributed by atoms with Crippen LogP contribution in [0.4, 0.5) is 18.0 Å². The Balaban J connectivity index is 2.52. The molecule has 1 aromatic carbocycles. The van der Waals surface area contributed by atoms with Crippen molar-refractivity contribution in [3.05, 3.63) is 39.0 Å². The summed E-state index contributed by atoms with van der Waals surface area (Å²) in [6.07, 6.45) is -3.68. The molecule has 25 heavy (non-hydrogen) atoms. The predicted molar refractivity (Wildman–Crippen MR) is 87.5 cm³/mol. The van der Waals surface area contributed by atoms with Crippen molar-refractivity contribution in [2.24, 2.45) is 5.73 Å². The lowest BCUT2D eigenvalue weighted by Gasteiger charge is -2.12. The van der Waals surface area contributed by atoms with Gasteiger partial charge in [-0.3, -0.25) is 0 Å². The molecule has 0 aliphatic carbocycles. The fourth-order valence-electron chi connectivity index (χ4n) is 2.36. The molecule has 2 aromatic rings. The maximum Gasteiger partial charge on any atom is 0.416 e. The summed E-state index contributed by atoms with van der Waals surface area (Å²) in [5, 5.41) is 3.33. The topological polar surface area (TPSA) is 70.1 Å². The van der Waals surface area contributed by atoms with Crippen molar-refractivity contribution < 1.29 is 22.7 Å². The molecule has 0 radical (unpaired) electrons. The van der Waals surface area contributed by atoms with Gasteiger partial charge in [0.05, 0.1) is 21.3 Å². The Morgan fingerprint density at radius 2 is 1.80 bits per heavy atom. The van der Waals surface area contributed by atoms with Gasteiger partial charge >= 0.3 is 12.2 Å². The highest BCUT2D eigenvalue weighted by molar-refractivity contribution is 6.37. The standard InChI is InChI=1S/C15H14Cl2F3N3O2/c1-3-8-11(4-2)23(14(21)24)22-13(8)25-12-9(16)5-7(6-10(12)17)15(18,19)20/h5-6H,3-4H2,1-2H3,(H2,21,24). The Morgan fingerprint density at radius 3 is 2.20 bits per heavy atom. The molecule has 5 nitrogen and oxygen atoms in total. The zero-order chi connectivity index (χ0) is 18.9. The van der Waals surface area contributed by atoms with E-state index in [1.807, 2.05) is 6.92 Å². The minimum atomic E-state index is -4.59. The van der Waals surface area contributed by atoms with Gasteiger partial charge in [0.15, 0.2) is 5.75 Å². The summed E-state index contributed by atoms with van der Waals surface area (Å²) in [5.41, 5.74) is 5.42. The van der Waals surface area contributed by atoms with E-state index in [9.17, 15) is 18.0 Å². The highest BCUT2D eigenvalue weighted by Gasteiger charge is 2.32. The molecule has 0 atom stereocenters. The summed E-state index contributed by atoms with van der Waals surface area (Å²) in [4.78, 5) is 11.5. The molecular weight excluding hydrogens is 382 g/mol. The number of amides is 1. The molecule has 1 aromatic heterocycles. The van der Waals surface area contributed by atoms with Gasteiger partial charge in [0.2, 0.25) is 5.88 Å². The monoisotopic (exact) mass is 395 g/mol. The first kappa shape index (κ1) is 19.4. The van der Waals surface area contributed by atoms with Crippen molar-refractivity contribution in [1.82, 2.24) is 9.78 Å². The number of ether oxygens (including phenoxy) is 1. The minimum absolute atomic E-state index is 0.0155. The number of rotatable bonds is 4. The number of carbonyl (C=O) groups is 1. The number of carbonyl (C=O) groups excluding carboxylic acids is 1. The van der Waals surface area contributed by atoms with Crippen LogP contribution in [-0.2, 0) is 19.0 Å². The van der Waals surface area contributed by atoms with E-state index in [2.05, 4.69) is 5.10 Å². The van der Waals surface area contributed by atoms with E-state index in [4.69, 9.17) is 33.7 Å². The quantitative estimate of drug-likeness (QED) is 0.786. The third-order valence-corrected chi connectivity index (χ3v) is 4.04. The smallest absolute Gasteiger partial charge is 0.416 e. The Kier molecular flexibility index (Phi) is 5.53. The molecule has 136 valence electrons. The van der Waals surface area contributed by atoms with Gasteiger partial charge in [0.25, 0.3) is 0 Å². The summed E-state index contributed by atoms with van der Waals surface area (Å²) < 4.78 is 44.9. The zero-order valence-electron chi connectivity index (χ0n) is 13.2. The molecular formula is C15H14Cl2F3N3O2. The SMILES string of the molecule is CCc1c(Oc2c(Cl)cc(C(F)(F)F)cc2Cl)nn(C(N)=O)c1CC. The van der Waals surface area contributed by atoms with Crippen LogP contribution in [0, 0.1) is 0 Å². The molecule has 0 fully saturated rings. The van der Waals surface area contributed by atoms with Crippen molar-refractivity contribution in [2.45, 2.75) is 32.9 Å². The van der Waals surface area contributed by atoms with Crippen LogP contribution < -0.4 is 10.5 Å². The van der Waals surface area contributed by atoms with E-state index < -0.39 is 17.8 Å². The first-order valence-electron chi connectivity index (χ1n) is 7.24. The molecule has 2 N–H and O–H groups in total. The minimum Gasteiger partial charge on any atom is -0.434 e. The maximum absolute atomic E-state index is 12.8. The fourth-order valence-corrected chi connectivity index (χ4v) is 2.93. The number of benzene rings is 1. The lowest BCUT2D eigenvalue weighted by Crippen LogP contribution is -2.23. The maximum atomic E-state index is 12.8. The van der Waals surface area contributed by atoms with Crippen LogP contribution in [-0.4, -0.2) is 15.8 Å². The lowest BCUT2D eigenvalue weighted by atomic mass is 10.1. The van der Waals surface area contributed by atoms with Crippen LogP contribution in [0.2, 0.25) is 10.0 Å². The first-order chi connectivity index (χ1) is 11.6. The van der Waals surface area contributed by atoms with Crippen LogP contribution in [0.25, 0.3) is 0 Å². The summed E-state index contributed by atoms with van der Waals surface area (Å²) >= 11 is 11.8. The lowest BCUT2D eigenvalue weighted by molar-refractivity contribution is -0.137. The van der Waals surface area contributed by atoms with E-state index in [1.165, 1.54) is 0 Å². The second kappa shape index (κ2) is 7.13. The molecule has 10 heteroatoms. The Morgan fingerprint density at radius 1 is 1.24 bits per heavy atom. The Labute approximate surface area is 151 Å². The number of nitrogens with two attached hydrogens (primary N) is 1. The number of primary amides is 1. The summed E-state index contributed by atoms with van der Waals surface area (Å²) in [5.74, 6) is -0.162. The average molecular weight is 396 g/mol. The summed E-state index contributed by atoms with van der Waals surface area (Å²) in [7, 11) is 0. The van der Waals surface area contributed by atoms with E-state index in [-0.39, 0.29) is 21.7 Å². The largest absolute Gasteiger partial charge is 0.434 e. The summed E-state index contributed by atoms with van der Waals surface area (Å²) in [6, 6.07) is 0.617. The highest BCUT2D eigenvalue weighted by Crippen LogP contribution is 2.42. The Bertz CT molecular complexity index is 796. The molecule has 1 amide bonds. The second-order valence-electron chi connectivity index (χ2n) is 5.06. The molecule has 0 saturated carbocycles. The van der Waals surface area contributed by atoms with E-state index in [0.717, 1.165) is 4.68 Å². The van der Waals surface area contributed by atoms with E-state index in [0.29, 0.717) is 36.2 Å². The van der Waals surface area contributed by atoms with Crippen molar-refractivity contribution in [3.8, 4) is 11.6 Å². The third-order valence-electron chi connectivity index (χ3n) is 3.47. The molecule has 0 aliphatic heterocycles. The number of hydrogen-bond donors (Lipinski definition) is 1. The number of nitrogens with zero attached hydrogens (tertiary/aromatic N) is 2. The highest BCUT2D eigenvalue weighted by atomic mass is 35.5. The van der Waals surface area contributed by atoms with Gasteiger partial charge in [-0.2, -0.15) is 17.9 Å². The van der Waals surface area contributed by atoms with Crippen molar-refractivity contribution in [2.75, 3.05) is 0 Å². The Hall–Kier alpha value is -1.93. The number of hydrogen-bond acceptors (Lipinski definition) is 3. The van der Waals surface area contributed by atoms with Crippen LogP contribution in [0.5, 0.6) is 11.6 Å². The van der Waals surface area contributed by atoms with Crippen molar-refractivity contribution >= 4 is 29.2 Å². The third kappa shape index (κ3) is 3.85. The van der Waals surface area contributed by atoms with Gasteiger partial charge in [-0.1, -0.05) is 37.0 Å². The molecule has 1 heterocycles. The normalized spacial score (nSPS) is 11.6. The molecule has 2 rings (SSSR count). The van der Waals surface area contributed by atoms with Gasteiger partial charge in [-0.15, -0.1) is 5.10 Å². The van der Waals surface area contributed by atoms with Crippen LogP contribution in [0.1, 0.15) is 30.7 Å². The van der Waals surface area contributed by atoms with Crippen molar-refractivity contribution in [1.29, 1.82) is 0 Å². The van der Waals surface area contributed by atoms with E-state index in [1.54, 1.807) is 6.92 Å². The molecule has 0 aliphatic rings. The van der Waals surface area contributed by atoms with Gasteiger partial charge in [-0.25, -0.2) is 4.79 Å². The number of aromatic nitrogens is 2. The zero-order valence-corrected chi connectivity index (χ0v) is 14.8. The summed E-state index contributed by atoms with van der Waals surface area (Å²) in [6.45, 7) is 3.61. The number of alkyl halides is 3. The van der Waals surface area contributed by atoms with Gasteiger partial charge in [0, 0.05) is 5.56 Å². The van der Waals surface area contributed by atoms with Crippen LogP contribution in [0.15, 0.2) is 12.1 Å². The van der Waals surface area contributed by atoms with Crippen LogP contribution >= 0.6 is 23.2 Å². The molecule has 0 saturated heterocycles.